The fourth-order valence-electron chi connectivity index (χ4n) is 4.78. The van der Waals surface area contributed by atoms with Gasteiger partial charge in [0, 0.05) is 39.1 Å². The third kappa shape index (κ3) is 6.39. The third-order valence-corrected chi connectivity index (χ3v) is 7.17. The van der Waals surface area contributed by atoms with Gasteiger partial charge in [-0.2, -0.15) is 0 Å². The van der Waals surface area contributed by atoms with Crippen LogP contribution in [0.3, 0.4) is 0 Å². The molecule has 1 fully saturated rings. The molecule has 7 heteroatoms. The van der Waals surface area contributed by atoms with Gasteiger partial charge in [-0.3, -0.25) is 4.90 Å². The van der Waals surface area contributed by atoms with Crippen molar-refractivity contribution in [2.75, 3.05) is 40.5 Å². The van der Waals surface area contributed by atoms with E-state index in [1.54, 1.807) is 20.4 Å². The van der Waals surface area contributed by atoms with Crippen molar-refractivity contribution in [2.24, 2.45) is 0 Å². The van der Waals surface area contributed by atoms with Gasteiger partial charge in [-0.05, 0) is 62.9 Å². The molecule has 1 aliphatic heterocycles. The number of rotatable bonds is 11. The summed E-state index contributed by atoms with van der Waals surface area (Å²) in [7, 11) is 3.49. The molecule has 2 heterocycles. The molecule has 1 saturated heterocycles. The summed E-state index contributed by atoms with van der Waals surface area (Å²) in [6.07, 6.45) is 5.63. The highest BCUT2D eigenvalue weighted by atomic mass is 16.5. The van der Waals surface area contributed by atoms with Crippen molar-refractivity contribution in [3.63, 3.8) is 0 Å². The number of hydrogen-bond acceptors (Lipinski definition) is 6. The Hall–Kier alpha value is -3.03. The van der Waals surface area contributed by atoms with Gasteiger partial charge in [0.2, 0.25) is 0 Å². The lowest BCUT2D eigenvalue weighted by Crippen LogP contribution is -2.48. The summed E-state index contributed by atoms with van der Waals surface area (Å²) in [6, 6.07) is 12.5. The Labute approximate surface area is 215 Å². The molecule has 1 aliphatic rings. The van der Waals surface area contributed by atoms with E-state index in [-0.39, 0.29) is 5.60 Å². The first-order valence-corrected chi connectivity index (χ1v) is 12.7. The zero-order valence-electron chi connectivity index (χ0n) is 22.3. The topological polar surface area (TPSA) is 58.0 Å². The molecule has 0 unspecified atom stereocenters. The van der Waals surface area contributed by atoms with Gasteiger partial charge in [-0.25, -0.2) is 4.98 Å². The van der Waals surface area contributed by atoms with Crippen molar-refractivity contribution in [1.29, 1.82) is 0 Å². The lowest BCUT2D eigenvalue weighted by atomic mass is 9.91. The number of likely N-dealkylation sites (tertiary alicyclic amines) is 1. The minimum atomic E-state index is -0.253. The van der Waals surface area contributed by atoms with Crippen molar-refractivity contribution in [1.82, 2.24) is 14.5 Å². The van der Waals surface area contributed by atoms with Gasteiger partial charge in [0.25, 0.3) is 0 Å². The van der Waals surface area contributed by atoms with E-state index < -0.39 is 0 Å². The molecule has 0 atom stereocenters. The number of aryl methyl sites for hydroxylation is 3. The molecule has 3 aromatic rings. The van der Waals surface area contributed by atoms with E-state index in [0.717, 1.165) is 67.7 Å². The van der Waals surface area contributed by atoms with E-state index in [9.17, 15) is 0 Å². The van der Waals surface area contributed by atoms with E-state index in [1.165, 1.54) is 11.1 Å². The SMILES string of the molecule is COc1cc(CN2CCC(COc3ccc(C)cc3C)(OC)CC2)ccc1OCCn1ccnc1C. The number of ether oxygens (including phenoxy) is 4. The number of piperidine rings is 1. The van der Waals surface area contributed by atoms with Crippen LogP contribution in [0.1, 0.15) is 35.4 Å². The molecular weight excluding hydrogens is 454 g/mol. The first-order chi connectivity index (χ1) is 17.4. The Balaban J connectivity index is 1.29. The zero-order valence-corrected chi connectivity index (χ0v) is 22.3. The Bertz CT molecular complexity index is 1140. The Morgan fingerprint density at radius 1 is 0.917 bits per heavy atom. The maximum atomic E-state index is 6.21. The second-order valence-corrected chi connectivity index (χ2v) is 9.72. The van der Waals surface area contributed by atoms with Crippen molar-refractivity contribution < 1.29 is 18.9 Å². The molecule has 0 amide bonds. The molecule has 0 N–H and O–H groups in total. The summed E-state index contributed by atoms with van der Waals surface area (Å²) < 4.78 is 25.9. The third-order valence-electron chi connectivity index (χ3n) is 7.17. The molecule has 194 valence electrons. The summed E-state index contributed by atoms with van der Waals surface area (Å²) in [4.78, 5) is 6.71. The number of nitrogens with zero attached hydrogens (tertiary/aromatic N) is 3. The van der Waals surface area contributed by atoms with E-state index in [2.05, 4.69) is 58.6 Å². The minimum Gasteiger partial charge on any atom is -0.493 e. The number of hydrogen-bond donors (Lipinski definition) is 0. The van der Waals surface area contributed by atoms with Crippen LogP contribution in [0.4, 0.5) is 0 Å². The van der Waals surface area contributed by atoms with E-state index >= 15 is 0 Å². The Kier molecular flexibility index (Phi) is 8.54. The summed E-state index contributed by atoms with van der Waals surface area (Å²) in [6.45, 7) is 10.8. The summed E-state index contributed by atoms with van der Waals surface area (Å²) >= 11 is 0. The number of aromatic nitrogens is 2. The Morgan fingerprint density at radius 2 is 1.69 bits per heavy atom. The van der Waals surface area contributed by atoms with E-state index in [0.29, 0.717) is 13.2 Å². The smallest absolute Gasteiger partial charge is 0.161 e. The van der Waals surface area contributed by atoms with Gasteiger partial charge < -0.3 is 23.5 Å². The van der Waals surface area contributed by atoms with Gasteiger partial charge in [0.15, 0.2) is 11.5 Å². The van der Waals surface area contributed by atoms with E-state index in [4.69, 9.17) is 18.9 Å². The number of methoxy groups -OCH3 is 2. The van der Waals surface area contributed by atoms with Crippen LogP contribution >= 0.6 is 0 Å². The van der Waals surface area contributed by atoms with E-state index in [1.807, 2.05) is 19.2 Å². The van der Waals surface area contributed by atoms with Crippen LogP contribution in [-0.2, 0) is 17.8 Å². The highest BCUT2D eigenvalue weighted by Crippen LogP contribution is 2.31. The molecule has 0 spiro atoms. The van der Waals surface area contributed by atoms with Crippen molar-refractivity contribution >= 4 is 0 Å². The minimum absolute atomic E-state index is 0.253. The predicted octanol–water partition coefficient (Wildman–Crippen LogP) is 4.96. The molecule has 0 aliphatic carbocycles. The van der Waals surface area contributed by atoms with Crippen molar-refractivity contribution in [3.05, 3.63) is 71.3 Å². The van der Waals surface area contributed by atoms with Crippen LogP contribution in [-0.4, -0.2) is 60.6 Å². The monoisotopic (exact) mass is 493 g/mol. The molecule has 36 heavy (non-hydrogen) atoms. The van der Waals surface area contributed by atoms with Gasteiger partial charge in [-0.1, -0.05) is 23.8 Å². The lowest BCUT2D eigenvalue weighted by Gasteiger charge is -2.40. The normalized spacial score (nSPS) is 15.6. The van der Waals surface area contributed by atoms with Crippen LogP contribution in [0, 0.1) is 20.8 Å². The number of imidazole rings is 1. The highest BCUT2D eigenvalue weighted by molar-refractivity contribution is 5.43. The molecule has 0 bridgehead atoms. The van der Waals surface area contributed by atoms with Crippen molar-refractivity contribution in [2.45, 2.75) is 52.3 Å². The molecule has 7 nitrogen and oxygen atoms in total. The van der Waals surface area contributed by atoms with Gasteiger partial charge >= 0.3 is 0 Å². The first-order valence-electron chi connectivity index (χ1n) is 12.7. The molecule has 0 saturated carbocycles. The van der Waals surface area contributed by atoms with Crippen LogP contribution in [0.5, 0.6) is 17.2 Å². The Morgan fingerprint density at radius 3 is 2.36 bits per heavy atom. The maximum absolute atomic E-state index is 6.21. The standard InChI is InChI=1S/C29H39N3O4/c1-22-6-8-26(23(2)18-22)36-21-29(34-5)10-13-31(14-11-29)20-25-7-9-27(28(19-25)33-4)35-17-16-32-15-12-30-24(32)3/h6-9,12,15,18-19H,10-11,13-14,16-17,20-21H2,1-5H3. The average molecular weight is 494 g/mol. The van der Waals surface area contributed by atoms with Gasteiger partial charge in [0.1, 0.15) is 30.4 Å². The van der Waals surface area contributed by atoms with Crippen LogP contribution in [0.2, 0.25) is 0 Å². The maximum Gasteiger partial charge on any atom is 0.161 e. The van der Waals surface area contributed by atoms with Gasteiger partial charge in [0.05, 0.1) is 13.7 Å². The largest absolute Gasteiger partial charge is 0.493 e. The van der Waals surface area contributed by atoms with Crippen LogP contribution in [0.15, 0.2) is 48.8 Å². The fourth-order valence-corrected chi connectivity index (χ4v) is 4.78. The summed E-state index contributed by atoms with van der Waals surface area (Å²) in [5, 5.41) is 0. The summed E-state index contributed by atoms with van der Waals surface area (Å²) in [5.41, 5.74) is 3.37. The van der Waals surface area contributed by atoms with Crippen LogP contribution in [0.25, 0.3) is 0 Å². The number of benzene rings is 2. The van der Waals surface area contributed by atoms with Crippen molar-refractivity contribution in [3.8, 4) is 17.2 Å². The highest BCUT2D eigenvalue weighted by Gasteiger charge is 2.35. The molecule has 2 aromatic carbocycles. The average Bonchev–Trinajstić information content (AvgIpc) is 3.29. The molecular formula is C29H39N3O4. The van der Waals surface area contributed by atoms with Crippen LogP contribution < -0.4 is 14.2 Å². The summed E-state index contributed by atoms with van der Waals surface area (Å²) in [5.74, 6) is 3.45. The first kappa shape index (κ1) is 26.0. The lowest BCUT2D eigenvalue weighted by molar-refractivity contribution is -0.0840. The quantitative estimate of drug-likeness (QED) is 0.377. The molecule has 1 aromatic heterocycles. The predicted molar refractivity (Wildman–Crippen MR) is 141 cm³/mol. The molecule has 4 rings (SSSR count). The second-order valence-electron chi connectivity index (χ2n) is 9.72. The second kappa shape index (κ2) is 11.8. The van der Waals surface area contributed by atoms with Gasteiger partial charge in [-0.15, -0.1) is 0 Å². The molecule has 0 radical (unpaired) electrons. The zero-order chi connectivity index (χ0) is 25.5. The fraction of sp³-hybridized carbons (Fsp3) is 0.483.